The molecule has 4 N–H and O–H groups in total. The zero-order valence-corrected chi connectivity index (χ0v) is 7.67. The van der Waals surface area contributed by atoms with E-state index in [1.165, 1.54) is 0 Å². The third-order valence-electron chi connectivity index (χ3n) is 2.02. The van der Waals surface area contributed by atoms with Crippen LogP contribution in [0.4, 0.5) is 0 Å². The lowest BCUT2D eigenvalue weighted by Crippen LogP contribution is -2.04. The summed E-state index contributed by atoms with van der Waals surface area (Å²) in [5.74, 6) is -2.84. The second-order valence-electron chi connectivity index (χ2n) is 3.21. The second-order valence-corrected chi connectivity index (χ2v) is 3.21. The predicted octanol–water partition coefficient (Wildman–Crippen LogP) is 0.287. The lowest BCUT2D eigenvalue weighted by Gasteiger charge is -2.09. The minimum absolute atomic E-state index is 0.0116. The van der Waals surface area contributed by atoms with Gasteiger partial charge in [-0.05, 0) is 0 Å². The molecule has 0 aromatic heterocycles. The maximum atomic E-state index is 9.35. The zero-order chi connectivity index (χ0) is 11.0. The van der Waals surface area contributed by atoms with Gasteiger partial charge in [0.15, 0.2) is 11.5 Å². The van der Waals surface area contributed by atoms with Crippen LogP contribution >= 0.6 is 0 Å². The first-order valence-electron chi connectivity index (χ1n) is 4.31. The molecular formula is C9H10O6. The third kappa shape index (κ3) is 1.84. The van der Waals surface area contributed by atoms with Crippen molar-refractivity contribution in [2.45, 2.75) is 6.10 Å². The molecule has 6 heteroatoms. The van der Waals surface area contributed by atoms with E-state index in [1.807, 2.05) is 0 Å². The summed E-state index contributed by atoms with van der Waals surface area (Å²) in [4.78, 5) is 0. The molecular weight excluding hydrogens is 204 g/mol. The van der Waals surface area contributed by atoms with Gasteiger partial charge in [0.2, 0.25) is 17.2 Å². The Morgan fingerprint density at radius 1 is 1.20 bits per heavy atom. The lowest BCUT2D eigenvalue weighted by molar-refractivity contribution is 0.247. The number of epoxide rings is 1. The monoisotopic (exact) mass is 214 g/mol. The predicted molar refractivity (Wildman–Crippen MR) is 48.3 cm³/mol. The molecule has 0 amide bonds. The van der Waals surface area contributed by atoms with Gasteiger partial charge in [0.05, 0.1) is 6.61 Å². The highest BCUT2D eigenvalue weighted by molar-refractivity contribution is 5.62. The second kappa shape index (κ2) is 3.39. The molecule has 1 aliphatic heterocycles. The molecule has 1 unspecified atom stereocenters. The van der Waals surface area contributed by atoms with Gasteiger partial charge >= 0.3 is 0 Å². The summed E-state index contributed by atoms with van der Waals surface area (Å²) in [6.45, 7) is 0.814. The number of hydrogen-bond donors (Lipinski definition) is 4. The molecule has 1 aliphatic rings. The molecule has 1 atom stereocenters. The van der Waals surface area contributed by atoms with Gasteiger partial charge in [0.25, 0.3) is 0 Å². The number of hydrogen-bond acceptors (Lipinski definition) is 6. The van der Waals surface area contributed by atoms with Gasteiger partial charge in [-0.15, -0.1) is 0 Å². The van der Waals surface area contributed by atoms with Crippen LogP contribution in [0.3, 0.4) is 0 Å². The summed E-state index contributed by atoms with van der Waals surface area (Å²) >= 11 is 0. The van der Waals surface area contributed by atoms with Crippen LogP contribution in [0.1, 0.15) is 0 Å². The van der Waals surface area contributed by atoms with Crippen LogP contribution in [0.15, 0.2) is 6.07 Å². The van der Waals surface area contributed by atoms with Gasteiger partial charge in [0.1, 0.15) is 12.7 Å². The fourth-order valence-electron chi connectivity index (χ4n) is 1.07. The fraction of sp³-hybridized carbons (Fsp3) is 0.333. The number of benzene rings is 1. The summed E-state index contributed by atoms with van der Waals surface area (Å²) in [6, 6.07) is 1.02. The first-order chi connectivity index (χ1) is 7.09. The van der Waals surface area contributed by atoms with Crippen LogP contribution in [0.2, 0.25) is 0 Å². The average Bonchev–Trinajstić information content (AvgIpc) is 3.02. The molecule has 1 heterocycles. The van der Waals surface area contributed by atoms with Crippen LogP contribution in [0.25, 0.3) is 0 Å². The summed E-state index contributed by atoms with van der Waals surface area (Å²) in [6.07, 6.45) is -0.0116. The number of aromatic hydroxyl groups is 4. The number of ether oxygens (including phenoxy) is 2. The Hall–Kier alpha value is -1.82. The molecule has 0 aliphatic carbocycles. The Morgan fingerprint density at radius 2 is 1.87 bits per heavy atom. The first kappa shape index (κ1) is 9.72. The summed E-state index contributed by atoms with van der Waals surface area (Å²) in [5, 5.41) is 36.7. The molecule has 1 aromatic rings. The van der Waals surface area contributed by atoms with Crippen molar-refractivity contribution in [3.8, 4) is 28.7 Å². The molecule has 2 rings (SSSR count). The van der Waals surface area contributed by atoms with E-state index in [0.717, 1.165) is 6.07 Å². The smallest absolute Gasteiger partial charge is 0.208 e. The van der Waals surface area contributed by atoms with E-state index in [-0.39, 0.29) is 18.5 Å². The summed E-state index contributed by atoms with van der Waals surface area (Å²) in [5.41, 5.74) is 0. The van der Waals surface area contributed by atoms with E-state index in [0.29, 0.717) is 6.61 Å². The molecule has 6 nitrogen and oxygen atoms in total. The summed E-state index contributed by atoms with van der Waals surface area (Å²) < 4.78 is 9.94. The lowest BCUT2D eigenvalue weighted by atomic mass is 10.2. The van der Waals surface area contributed by atoms with Gasteiger partial charge in [-0.1, -0.05) is 0 Å². The van der Waals surface area contributed by atoms with Gasteiger partial charge in [-0.2, -0.15) is 0 Å². The van der Waals surface area contributed by atoms with E-state index in [2.05, 4.69) is 0 Å². The highest BCUT2D eigenvalue weighted by atomic mass is 16.6. The number of rotatable bonds is 3. The van der Waals surface area contributed by atoms with E-state index in [9.17, 15) is 10.2 Å². The van der Waals surface area contributed by atoms with Crippen LogP contribution in [0.5, 0.6) is 28.7 Å². The van der Waals surface area contributed by atoms with Crippen molar-refractivity contribution in [2.75, 3.05) is 13.2 Å². The van der Waals surface area contributed by atoms with Gasteiger partial charge < -0.3 is 29.9 Å². The quantitative estimate of drug-likeness (QED) is 0.327. The molecule has 15 heavy (non-hydrogen) atoms. The van der Waals surface area contributed by atoms with Crippen molar-refractivity contribution >= 4 is 0 Å². The molecule has 1 fully saturated rings. The minimum atomic E-state index is -0.804. The van der Waals surface area contributed by atoms with Crippen molar-refractivity contribution in [3.05, 3.63) is 6.07 Å². The molecule has 82 valence electrons. The van der Waals surface area contributed by atoms with Crippen molar-refractivity contribution < 1.29 is 29.9 Å². The van der Waals surface area contributed by atoms with Gasteiger partial charge in [0, 0.05) is 6.07 Å². The highest BCUT2D eigenvalue weighted by Crippen LogP contribution is 2.47. The number of phenolic OH excluding ortho intramolecular Hbond substituents is 4. The van der Waals surface area contributed by atoms with Crippen LogP contribution in [-0.2, 0) is 4.74 Å². The van der Waals surface area contributed by atoms with Crippen molar-refractivity contribution in [1.29, 1.82) is 0 Å². The standard InChI is InChI=1S/C9H10O6/c10-5-1-6(15-3-4-2-14-4)8(12)9(13)7(5)11/h1,4,10-13H,2-3H2. The summed E-state index contributed by atoms with van der Waals surface area (Å²) in [7, 11) is 0. The van der Waals surface area contributed by atoms with E-state index < -0.39 is 23.0 Å². The third-order valence-corrected chi connectivity index (χ3v) is 2.02. The average molecular weight is 214 g/mol. The minimum Gasteiger partial charge on any atom is -0.504 e. The molecule has 0 bridgehead atoms. The molecule has 1 saturated heterocycles. The Bertz CT molecular complexity index is 385. The maximum Gasteiger partial charge on any atom is 0.208 e. The van der Waals surface area contributed by atoms with E-state index >= 15 is 0 Å². The largest absolute Gasteiger partial charge is 0.504 e. The normalized spacial score (nSPS) is 18.8. The Labute approximate surface area is 84.9 Å². The van der Waals surface area contributed by atoms with E-state index in [4.69, 9.17) is 19.7 Å². The first-order valence-corrected chi connectivity index (χ1v) is 4.31. The molecule has 0 saturated carbocycles. The highest BCUT2D eigenvalue weighted by Gasteiger charge is 2.25. The number of phenols is 4. The van der Waals surface area contributed by atoms with Crippen molar-refractivity contribution in [2.24, 2.45) is 0 Å². The Morgan fingerprint density at radius 3 is 2.47 bits per heavy atom. The van der Waals surface area contributed by atoms with Crippen molar-refractivity contribution in [3.63, 3.8) is 0 Å². The zero-order valence-electron chi connectivity index (χ0n) is 7.67. The Balaban J connectivity index is 2.21. The molecule has 1 aromatic carbocycles. The maximum absolute atomic E-state index is 9.35. The molecule has 0 spiro atoms. The molecule has 0 radical (unpaired) electrons. The van der Waals surface area contributed by atoms with Crippen molar-refractivity contribution in [1.82, 2.24) is 0 Å². The van der Waals surface area contributed by atoms with Crippen LogP contribution in [-0.4, -0.2) is 39.7 Å². The van der Waals surface area contributed by atoms with E-state index in [1.54, 1.807) is 0 Å². The topological polar surface area (TPSA) is 103 Å². The fourth-order valence-corrected chi connectivity index (χ4v) is 1.07. The van der Waals surface area contributed by atoms with Gasteiger partial charge in [-0.3, -0.25) is 0 Å². The van der Waals surface area contributed by atoms with Crippen LogP contribution < -0.4 is 4.74 Å². The van der Waals surface area contributed by atoms with Gasteiger partial charge in [-0.25, -0.2) is 0 Å². The Kier molecular flexibility index (Phi) is 2.20. The van der Waals surface area contributed by atoms with Crippen LogP contribution in [0, 0.1) is 0 Å². The SMILES string of the molecule is Oc1cc(OCC2CO2)c(O)c(O)c1O.